The van der Waals surface area contributed by atoms with Crippen LogP contribution in [0.3, 0.4) is 0 Å². The van der Waals surface area contributed by atoms with Crippen molar-refractivity contribution in [2.75, 3.05) is 18.1 Å². The van der Waals surface area contributed by atoms with Gasteiger partial charge in [0, 0.05) is 5.75 Å². The summed E-state index contributed by atoms with van der Waals surface area (Å²) in [6.45, 7) is 1.64. The second-order valence-corrected chi connectivity index (χ2v) is 5.37. The van der Waals surface area contributed by atoms with Crippen LogP contribution in [0.15, 0.2) is 18.3 Å². The zero-order valence-electron chi connectivity index (χ0n) is 8.31. The SMILES string of the molecule is CCS(=O)(=O)CCOc1ccc(F)nc1. The van der Waals surface area contributed by atoms with Crippen molar-refractivity contribution in [3.05, 3.63) is 24.3 Å². The Morgan fingerprint density at radius 1 is 1.47 bits per heavy atom. The molecular formula is C9H12FNO3S. The van der Waals surface area contributed by atoms with Gasteiger partial charge in [-0.15, -0.1) is 0 Å². The van der Waals surface area contributed by atoms with E-state index in [0.29, 0.717) is 5.75 Å². The van der Waals surface area contributed by atoms with Crippen molar-refractivity contribution < 1.29 is 17.5 Å². The first-order valence-electron chi connectivity index (χ1n) is 4.48. The Morgan fingerprint density at radius 3 is 2.73 bits per heavy atom. The first-order chi connectivity index (χ1) is 7.03. The molecule has 0 fully saturated rings. The van der Waals surface area contributed by atoms with Gasteiger partial charge in [-0.3, -0.25) is 0 Å². The largest absolute Gasteiger partial charge is 0.491 e. The second-order valence-electron chi connectivity index (χ2n) is 2.90. The lowest BCUT2D eigenvalue weighted by Crippen LogP contribution is -2.15. The molecule has 15 heavy (non-hydrogen) atoms. The van der Waals surface area contributed by atoms with Gasteiger partial charge in [0.1, 0.15) is 12.4 Å². The number of rotatable bonds is 5. The Kier molecular flexibility index (Phi) is 4.02. The topological polar surface area (TPSA) is 56.3 Å². The lowest BCUT2D eigenvalue weighted by molar-refractivity contribution is 0.338. The van der Waals surface area contributed by atoms with Gasteiger partial charge in [0.05, 0.1) is 11.9 Å². The zero-order chi connectivity index (χ0) is 11.3. The van der Waals surface area contributed by atoms with E-state index in [0.717, 1.165) is 6.07 Å². The van der Waals surface area contributed by atoms with E-state index in [9.17, 15) is 12.8 Å². The van der Waals surface area contributed by atoms with Crippen LogP contribution >= 0.6 is 0 Å². The summed E-state index contributed by atoms with van der Waals surface area (Å²) in [5.74, 6) is -0.176. The van der Waals surface area contributed by atoms with E-state index >= 15 is 0 Å². The van der Waals surface area contributed by atoms with Gasteiger partial charge in [0.15, 0.2) is 9.84 Å². The highest BCUT2D eigenvalue weighted by Gasteiger charge is 2.07. The van der Waals surface area contributed by atoms with Crippen molar-refractivity contribution in [3.63, 3.8) is 0 Å². The standard InChI is InChI=1S/C9H12FNO3S/c1-2-15(12,13)6-5-14-8-3-4-9(10)11-7-8/h3-4,7H,2,5-6H2,1H3. The molecule has 4 nitrogen and oxygen atoms in total. The lowest BCUT2D eigenvalue weighted by Gasteiger charge is -2.04. The first kappa shape index (κ1) is 11.9. The predicted molar refractivity (Wildman–Crippen MR) is 54.0 cm³/mol. The molecule has 1 aromatic heterocycles. The van der Waals surface area contributed by atoms with E-state index in [1.165, 1.54) is 12.3 Å². The summed E-state index contributed by atoms with van der Waals surface area (Å²) >= 11 is 0. The van der Waals surface area contributed by atoms with Crippen LogP contribution < -0.4 is 4.74 Å². The van der Waals surface area contributed by atoms with Crippen LogP contribution in [0.5, 0.6) is 5.75 Å². The highest BCUT2D eigenvalue weighted by Crippen LogP contribution is 2.08. The van der Waals surface area contributed by atoms with Crippen LogP contribution in [0.25, 0.3) is 0 Å². The lowest BCUT2D eigenvalue weighted by atomic mass is 10.4. The molecule has 0 spiro atoms. The summed E-state index contributed by atoms with van der Waals surface area (Å²) < 4.78 is 39.7. The highest BCUT2D eigenvalue weighted by atomic mass is 32.2. The molecule has 1 aromatic rings. The molecule has 0 atom stereocenters. The third kappa shape index (κ3) is 4.24. The summed E-state index contributed by atoms with van der Waals surface area (Å²) in [6, 6.07) is 2.56. The summed E-state index contributed by atoms with van der Waals surface area (Å²) in [5, 5.41) is 0. The van der Waals surface area contributed by atoms with Gasteiger partial charge in [-0.25, -0.2) is 13.4 Å². The number of hydrogen-bond acceptors (Lipinski definition) is 4. The Labute approximate surface area is 88.0 Å². The van der Waals surface area contributed by atoms with E-state index in [-0.39, 0.29) is 18.1 Å². The monoisotopic (exact) mass is 233 g/mol. The highest BCUT2D eigenvalue weighted by molar-refractivity contribution is 7.91. The molecule has 0 bridgehead atoms. The van der Waals surface area contributed by atoms with Crippen molar-refractivity contribution in [2.45, 2.75) is 6.92 Å². The molecule has 0 aliphatic carbocycles. The average Bonchev–Trinajstić information content (AvgIpc) is 2.21. The fraction of sp³-hybridized carbons (Fsp3) is 0.444. The smallest absolute Gasteiger partial charge is 0.213 e. The summed E-state index contributed by atoms with van der Waals surface area (Å²) in [5.41, 5.74) is 0. The minimum atomic E-state index is -3.02. The Balaban J connectivity index is 2.42. The van der Waals surface area contributed by atoms with Crippen molar-refractivity contribution in [1.29, 1.82) is 0 Å². The third-order valence-corrected chi connectivity index (χ3v) is 3.47. The molecule has 0 radical (unpaired) electrons. The first-order valence-corrected chi connectivity index (χ1v) is 6.30. The fourth-order valence-corrected chi connectivity index (χ4v) is 1.50. The molecule has 0 N–H and O–H groups in total. The van der Waals surface area contributed by atoms with Gasteiger partial charge >= 0.3 is 0 Å². The fourth-order valence-electron chi connectivity index (χ4n) is 0.878. The van der Waals surface area contributed by atoms with Crippen LogP contribution in [0, 0.1) is 5.95 Å². The molecular weight excluding hydrogens is 221 g/mol. The van der Waals surface area contributed by atoms with Crippen LogP contribution in [0.1, 0.15) is 6.92 Å². The van der Waals surface area contributed by atoms with E-state index in [1.54, 1.807) is 6.92 Å². The van der Waals surface area contributed by atoms with Crippen LogP contribution in [-0.4, -0.2) is 31.5 Å². The van der Waals surface area contributed by atoms with Crippen molar-refractivity contribution in [2.24, 2.45) is 0 Å². The molecule has 0 saturated carbocycles. The minimum Gasteiger partial charge on any atom is -0.491 e. The molecule has 0 unspecified atom stereocenters. The quantitative estimate of drug-likeness (QED) is 0.713. The summed E-state index contributed by atoms with van der Waals surface area (Å²) in [4.78, 5) is 3.37. The molecule has 0 saturated heterocycles. The van der Waals surface area contributed by atoms with E-state index in [4.69, 9.17) is 4.74 Å². The number of pyridine rings is 1. The number of hydrogen-bond donors (Lipinski definition) is 0. The number of nitrogens with zero attached hydrogens (tertiary/aromatic N) is 1. The number of sulfone groups is 1. The number of aromatic nitrogens is 1. The third-order valence-electron chi connectivity index (χ3n) is 1.80. The number of halogens is 1. The van der Waals surface area contributed by atoms with E-state index in [1.807, 2.05) is 0 Å². The maximum absolute atomic E-state index is 12.4. The molecule has 0 amide bonds. The summed E-state index contributed by atoms with van der Waals surface area (Å²) in [6.07, 6.45) is 1.22. The molecule has 6 heteroatoms. The van der Waals surface area contributed by atoms with Gasteiger partial charge in [0.2, 0.25) is 5.95 Å². The van der Waals surface area contributed by atoms with E-state index < -0.39 is 15.8 Å². The van der Waals surface area contributed by atoms with Crippen molar-refractivity contribution in [3.8, 4) is 5.75 Å². The predicted octanol–water partition coefficient (Wildman–Crippen LogP) is 1.03. The maximum Gasteiger partial charge on any atom is 0.213 e. The molecule has 84 valence electrons. The van der Waals surface area contributed by atoms with Crippen molar-refractivity contribution in [1.82, 2.24) is 4.98 Å². The van der Waals surface area contributed by atoms with Gasteiger partial charge in [-0.1, -0.05) is 6.92 Å². The van der Waals surface area contributed by atoms with Gasteiger partial charge < -0.3 is 4.74 Å². The maximum atomic E-state index is 12.4. The normalized spacial score (nSPS) is 11.3. The second kappa shape index (κ2) is 5.06. The Bertz CT molecular complexity index is 402. The molecule has 0 aliphatic rings. The Morgan fingerprint density at radius 2 is 2.20 bits per heavy atom. The molecule has 1 heterocycles. The molecule has 0 aromatic carbocycles. The summed E-state index contributed by atoms with van der Waals surface area (Å²) in [7, 11) is -3.02. The zero-order valence-corrected chi connectivity index (χ0v) is 9.13. The van der Waals surface area contributed by atoms with Gasteiger partial charge in [-0.05, 0) is 12.1 Å². The molecule has 0 aliphatic heterocycles. The molecule has 1 rings (SSSR count). The van der Waals surface area contributed by atoms with Gasteiger partial charge in [-0.2, -0.15) is 4.39 Å². The van der Waals surface area contributed by atoms with Crippen molar-refractivity contribution >= 4 is 9.84 Å². The van der Waals surface area contributed by atoms with E-state index in [2.05, 4.69) is 4.98 Å². The van der Waals surface area contributed by atoms with Gasteiger partial charge in [0.25, 0.3) is 0 Å². The Hall–Kier alpha value is -1.17. The van der Waals surface area contributed by atoms with Crippen LogP contribution in [0.2, 0.25) is 0 Å². The van der Waals surface area contributed by atoms with Crippen LogP contribution in [0.4, 0.5) is 4.39 Å². The average molecular weight is 233 g/mol. The van der Waals surface area contributed by atoms with Crippen LogP contribution in [-0.2, 0) is 9.84 Å². The number of ether oxygens (including phenoxy) is 1. The minimum absolute atomic E-state index is 0.0408.